The highest BCUT2D eigenvalue weighted by molar-refractivity contribution is 5.82. The molecule has 7 heteroatoms. The quantitative estimate of drug-likeness (QED) is 0.428. The summed E-state index contributed by atoms with van der Waals surface area (Å²) in [5.74, 6) is -0.689. The number of aliphatic hydroxyl groups is 1. The largest absolute Gasteiger partial charge is 0.381 e. The average molecular weight is 421 g/mol. The second-order valence-corrected chi connectivity index (χ2v) is 7.62. The summed E-state index contributed by atoms with van der Waals surface area (Å²) in [5.41, 5.74) is 0.782. The summed E-state index contributed by atoms with van der Waals surface area (Å²) in [5, 5.41) is 16.9. The Morgan fingerprint density at radius 1 is 0.839 bits per heavy atom. The van der Waals surface area contributed by atoms with Gasteiger partial charge in [-0.15, -0.1) is 0 Å². The van der Waals surface area contributed by atoms with Crippen molar-refractivity contribution in [1.82, 2.24) is 14.3 Å². The van der Waals surface area contributed by atoms with Gasteiger partial charge in [0.15, 0.2) is 0 Å². The van der Waals surface area contributed by atoms with Gasteiger partial charge in [0.2, 0.25) is 0 Å². The van der Waals surface area contributed by atoms with Gasteiger partial charge in [0.05, 0.1) is 23.9 Å². The van der Waals surface area contributed by atoms with Gasteiger partial charge in [0.25, 0.3) is 0 Å². The van der Waals surface area contributed by atoms with Crippen LogP contribution in [0.25, 0.3) is 27.5 Å². The molecule has 0 saturated carbocycles. The Kier molecular flexibility index (Phi) is 4.55. The highest BCUT2D eigenvalue weighted by Crippen LogP contribution is 2.30. The molecule has 0 spiro atoms. The highest BCUT2D eigenvalue weighted by Gasteiger charge is 2.31. The summed E-state index contributed by atoms with van der Waals surface area (Å²) in [6.45, 7) is -1.03. The number of halogens is 3. The molecule has 5 rings (SSSR count). The van der Waals surface area contributed by atoms with Crippen LogP contribution in [-0.2, 0) is 12.1 Å². The summed E-state index contributed by atoms with van der Waals surface area (Å²) in [6.07, 6.45) is 3.32. The standard InChI is InChI=1S/C24H18F3N3O/c25-14-24(31,15-29-10-9-16-12-20(27)4-8-22(16)29)18-1-7-23-17(11-18)13-28-30(23)21-5-2-19(26)3-6-21/h1-13,31H,14-15H2. The van der Waals surface area contributed by atoms with Gasteiger partial charge in [-0.1, -0.05) is 6.07 Å². The minimum atomic E-state index is -1.77. The summed E-state index contributed by atoms with van der Waals surface area (Å²) in [6, 6.07) is 17.1. The van der Waals surface area contributed by atoms with Crippen molar-refractivity contribution in [3.63, 3.8) is 0 Å². The number of hydrogen-bond acceptors (Lipinski definition) is 2. The third kappa shape index (κ3) is 3.37. The monoisotopic (exact) mass is 421 g/mol. The molecule has 4 nitrogen and oxygen atoms in total. The fraction of sp³-hybridized carbons (Fsp3) is 0.125. The van der Waals surface area contributed by atoms with Gasteiger partial charge >= 0.3 is 0 Å². The van der Waals surface area contributed by atoms with E-state index in [1.807, 2.05) is 0 Å². The van der Waals surface area contributed by atoms with E-state index in [-0.39, 0.29) is 18.2 Å². The second-order valence-electron chi connectivity index (χ2n) is 7.62. The molecular weight excluding hydrogens is 403 g/mol. The molecule has 156 valence electrons. The number of hydrogen-bond donors (Lipinski definition) is 1. The Morgan fingerprint density at radius 2 is 1.58 bits per heavy atom. The van der Waals surface area contributed by atoms with E-state index >= 15 is 0 Å². The second kappa shape index (κ2) is 7.28. The lowest BCUT2D eigenvalue weighted by Crippen LogP contribution is -2.33. The van der Waals surface area contributed by atoms with Crippen LogP contribution in [0, 0.1) is 11.6 Å². The predicted octanol–water partition coefficient (Wildman–Crippen LogP) is 5.12. The summed E-state index contributed by atoms with van der Waals surface area (Å²) >= 11 is 0. The first-order valence-corrected chi connectivity index (χ1v) is 9.74. The van der Waals surface area contributed by atoms with Gasteiger partial charge in [-0.05, 0) is 66.2 Å². The number of fused-ring (bicyclic) bond motifs is 2. The molecule has 1 atom stereocenters. The van der Waals surface area contributed by atoms with Crippen molar-refractivity contribution in [2.24, 2.45) is 0 Å². The van der Waals surface area contributed by atoms with E-state index in [2.05, 4.69) is 5.10 Å². The highest BCUT2D eigenvalue weighted by atomic mass is 19.1. The number of aromatic nitrogens is 3. The van der Waals surface area contributed by atoms with Crippen LogP contribution in [0.2, 0.25) is 0 Å². The summed E-state index contributed by atoms with van der Waals surface area (Å²) in [4.78, 5) is 0. The molecule has 1 unspecified atom stereocenters. The number of rotatable bonds is 5. The number of alkyl halides is 1. The van der Waals surface area contributed by atoms with E-state index in [9.17, 15) is 18.3 Å². The molecule has 0 aliphatic carbocycles. The fourth-order valence-electron chi connectivity index (χ4n) is 3.91. The number of benzene rings is 3. The minimum absolute atomic E-state index is 0.0315. The van der Waals surface area contributed by atoms with Crippen molar-refractivity contribution in [3.8, 4) is 5.69 Å². The molecule has 3 aromatic carbocycles. The van der Waals surface area contributed by atoms with E-state index < -0.39 is 12.3 Å². The zero-order chi connectivity index (χ0) is 21.6. The maximum Gasteiger partial charge on any atom is 0.136 e. The van der Waals surface area contributed by atoms with Crippen LogP contribution in [-0.4, -0.2) is 26.1 Å². The van der Waals surface area contributed by atoms with Gasteiger partial charge in [-0.3, -0.25) is 0 Å². The lowest BCUT2D eigenvalue weighted by molar-refractivity contribution is -0.00415. The SMILES string of the molecule is OC(CF)(Cn1ccc2cc(F)ccc21)c1ccc2c(cnn2-c2ccc(F)cc2)c1. The van der Waals surface area contributed by atoms with Crippen molar-refractivity contribution < 1.29 is 18.3 Å². The molecule has 5 aromatic rings. The molecule has 0 amide bonds. The van der Waals surface area contributed by atoms with Crippen molar-refractivity contribution in [2.75, 3.05) is 6.67 Å². The molecule has 0 radical (unpaired) electrons. The number of nitrogens with zero attached hydrogens (tertiary/aromatic N) is 3. The maximum absolute atomic E-state index is 14.1. The Hall–Kier alpha value is -3.58. The molecule has 31 heavy (non-hydrogen) atoms. The van der Waals surface area contributed by atoms with Crippen LogP contribution in [0.1, 0.15) is 5.56 Å². The molecule has 0 aliphatic rings. The van der Waals surface area contributed by atoms with Gasteiger partial charge in [-0.25, -0.2) is 17.9 Å². The van der Waals surface area contributed by atoms with Crippen molar-refractivity contribution in [3.05, 3.63) is 96.3 Å². The van der Waals surface area contributed by atoms with Crippen LogP contribution >= 0.6 is 0 Å². The minimum Gasteiger partial charge on any atom is -0.381 e. The van der Waals surface area contributed by atoms with Crippen molar-refractivity contribution in [2.45, 2.75) is 12.1 Å². The van der Waals surface area contributed by atoms with Crippen LogP contribution in [0.3, 0.4) is 0 Å². The average Bonchev–Trinajstić information content (AvgIpc) is 3.37. The van der Waals surface area contributed by atoms with E-state index in [0.29, 0.717) is 27.5 Å². The first-order valence-electron chi connectivity index (χ1n) is 9.74. The Balaban J connectivity index is 1.52. The molecule has 0 fully saturated rings. The first-order chi connectivity index (χ1) is 15.0. The first kappa shape index (κ1) is 19.4. The van der Waals surface area contributed by atoms with Crippen molar-refractivity contribution in [1.29, 1.82) is 0 Å². The molecule has 2 heterocycles. The van der Waals surface area contributed by atoms with E-state index in [1.54, 1.807) is 64.1 Å². The van der Waals surface area contributed by atoms with E-state index in [1.165, 1.54) is 24.3 Å². The zero-order valence-corrected chi connectivity index (χ0v) is 16.3. The van der Waals surface area contributed by atoms with Crippen LogP contribution in [0.4, 0.5) is 13.2 Å². The molecule has 1 N–H and O–H groups in total. The molecule has 2 aromatic heterocycles. The van der Waals surface area contributed by atoms with Crippen LogP contribution in [0.5, 0.6) is 0 Å². The van der Waals surface area contributed by atoms with E-state index in [4.69, 9.17) is 0 Å². The summed E-state index contributed by atoms with van der Waals surface area (Å²) < 4.78 is 44.2. The molecule has 0 aliphatic heterocycles. The zero-order valence-electron chi connectivity index (χ0n) is 16.3. The Labute approximate surface area is 175 Å². The lowest BCUT2D eigenvalue weighted by Gasteiger charge is -2.26. The van der Waals surface area contributed by atoms with E-state index in [0.717, 1.165) is 5.52 Å². The van der Waals surface area contributed by atoms with Crippen LogP contribution < -0.4 is 0 Å². The van der Waals surface area contributed by atoms with Crippen LogP contribution in [0.15, 0.2) is 79.1 Å². The topological polar surface area (TPSA) is 43.0 Å². The van der Waals surface area contributed by atoms with Gasteiger partial charge in [-0.2, -0.15) is 5.10 Å². The maximum atomic E-state index is 14.1. The van der Waals surface area contributed by atoms with Crippen molar-refractivity contribution >= 4 is 21.8 Å². The lowest BCUT2D eigenvalue weighted by atomic mass is 9.94. The Morgan fingerprint density at radius 3 is 2.35 bits per heavy atom. The fourth-order valence-corrected chi connectivity index (χ4v) is 3.91. The molecule has 0 bridgehead atoms. The third-order valence-electron chi connectivity index (χ3n) is 5.56. The van der Waals surface area contributed by atoms with Gasteiger partial charge in [0.1, 0.15) is 23.9 Å². The summed E-state index contributed by atoms with van der Waals surface area (Å²) in [7, 11) is 0. The third-order valence-corrected chi connectivity index (χ3v) is 5.56. The molecule has 0 saturated heterocycles. The smallest absolute Gasteiger partial charge is 0.136 e. The van der Waals surface area contributed by atoms with Gasteiger partial charge in [0, 0.05) is 22.5 Å². The molecular formula is C24H18F3N3O. The normalized spacial score (nSPS) is 13.7. The van der Waals surface area contributed by atoms with Gasteiger partial charge < -0.3 is 9.67 Å². The Bertz CT molecular complexity index is 1390. The predicted molar refractivity (Wildman–Crippen MR) is 113 cm³/mol.